The van der Waals surface area contributed by atoms with Crippen LogP contribution in [0.15, 0.2) is 18.2 Å². The molecular formula is C10H12N4O2. The van der Waals surface area contributed by atoms with Crippen LogP contribution in [-0.2, 0) is 4.79 Å². The first-order valence-electron chi connectivity index (χ1n) is 4.88. The number of aliphatic carboxylic acids is 1. The topological polar surface area (TPSA) is 93.5 Å². The van der Waals surface area contributed by atoms with Crippen LogP contribution in [-0.4, -0.2) is 25.9 Å². The van der Waals surface area contributed by atoms with Crippen molar-refractivity contribution in [2.24, 2.45) is 5.73 Å². The zero-order valence-corrected chi connectivity index (χ0v) is 8.79. The van der Waals surface area contributed by atoms with Gasteiger partial charge in [0.2, 0.25) is 0 Å². The molecule has 1 atom stereocenters. The minimum Gasteiger partial charge on any atom is -0.481 e. The predicted octanol–water partition coefficient (Wildman–Crippen LogP) is 0.512. The van der Waals surface area contributed by atoms with Crippen molar-refractivity contribution in [1.29, 1.82) is 0 Å². The molecule has 0 amide bonds. The van der Waals surface area contributed by atoms with E-state index in [-0.39, 0.29) is 6.42 Å². The Bertz CT molecular complexity index is 535. The average molecular weight is 220 g/mol. The van der Waals surface area contributed by atoms with E-state index in [9.17, 15) is 4.79 Å². The van der Waals surface area contributed by atoms with Gasteiger partial charge >= 0.3 is 5.97 Å². The van der Waals surface area contributed by atoms with Crippen LogP contribution in [0.2, 0.25) is 0 Å². The van der Waals surface area contributed by atoms with E-state index in [4.69, 9.17) is 10.8 Å². The molecule has 0 radical (unpaired) electrons. The summed E-state index contributed by atoms with van der Waals surface area (Å²) >= 11 is 0. The molecule has 0 fully saturated rings. The molecule has 2 heterocycles. The first-order valence-corrected chi connectivity index (χ1v) is 4.88. The standard InChI is InChI=1S/C10H12N4O2/c1-6-8-3-2-4-9(14(8)13-12-6)7(11)5-10(15)16/h2-4,7H,5,11H2,1H3,(H,15,16). The summed E-state index contributed by atoms with van der Waals surface area (Å²) in [6.07, 6.45) is -0.127. The molecule has 6 nitrogen and oxygen atoms in total. The molecule has 0 aliphatic heterocycles. The van der Waals surface area contributed by atoms with E-state index < -0.39 is 12.0 Å². The lowest BCUT2D eigenvalue weighted by Crippen LogP contribution is -2.18. The number of nitrogens with two attached hydrogens (primary N) is 1. The van der Waals surface area contributed by atoms with Crippen molar-refractivity contribution in [3.63, 3.8) is 0 Å². The summed E-state index contributed by atoms with van der Waals surface area (Å²) in [7, 11) is 0. The highest BCUT2D eigenvalue weighted by molar-refractivity contribution is 5.67. The number of hydrogen-bond donors (Lipinski definition) is 2. The third-order valence-electron chi connectivity index (χ3n) is 2.42. The highest BCUT2D eigenvalue weighted by Crippen LogP contribution is 2.16. The van der Waals surface area contributed by atoms with Crippen molar-refractivity contribution in [2.75, 3.05) is 0 Å². The number of pyridine rings is 1. The zero-order valence-electron chi connectivity index (χ0n) is 8.79. The predicted molar refractivity (Wildman–Crippen MR) is 56.9 cm³/mol. The molecule has 2 aromatic heterocycles. The van der Waals surface area contributed by atoms with Crippen LogP contribution in [0, 0.1) is 6.92 Å². The molecule has 0 aliphatic carbocycles. The number of nitrogens with zero attached hydrogens (tertiary/aromatic N) is 3. The van der Waals surface area contributed by atoms with Gasteiger partial charge in [0.05, 0.1) is 29.4 Å². The van der Waals surface area contributed by atoms with Gasteiger partial charge in [0, 0.05) is 0 Å². The Hall–Kier alpha value is -1.95. The maximum absolute atomic E-state index is 10.6. The van der Waals surface area contributed by atoms with Gasteiger partial charge in [-0.05, 0) is 19.1 Å². The highest BCUT2D eigenvalue weighted by Gasteiger charge is 2.15. The van der Waals surface area contributed by atoms with Gasteiger partial charge in [-0.3, -0.25) is 4.79 Å². The van der Waals surface area contributed by atoms with E-state index in [0.717, 1.165) is 11.2 Å². The largest absolute Gasteiger partial charge is 0.481 e. The summed E-state index contributed by atoms with van der Waals surface area (Å²) < 4.78 is 1.59. The lowest BCUT2D eigenvalue weighted by Gasteiger charge is -2.10. The third kappa shape index (κ3) is 1.74. The molecule has 16 heavy (non-hydrogen) atoms. The molecule has 0 saturated heterocycles. The van der Waals surface area contributed by atoms with Crippen LogP contribution in [0.3, 0.4) is 0 Å². The molecule has 1 unspecified atom stereocenters. The molecule has 84 valence electrons. The number of carboxylic acids is 1. The van der Waals surface area contributed by atoms with E-state index in [0.29, 0.717) is 5.69 Å². The Balaban J connectivity index is 2.48. The van der Waals surface area contributed by atoms with Crippen molar-refractivity contribution in [3.05, 3.63) is 29.6 Å². The van der Waals surface area contributed by atoms with E-state index in [1.165, 1.54) is 0 Å². The molecule has 0 bridgehead atoms. The molecule has 2 rings (SSSR count). The number of carbonyl (C=O) groups is 1. The van der Waals surface area contributed by atoms with Gasteiger partial charge in [-0.2, -0.15) is 0 Å². The fraction of sp³-hybridized carbons (Fsp3) is 0.300. The Morgan fingerprint density at radius 2 is 2.38 bits per heavy atom. The average Bonchev–Trinajstić information content (AvgIpc) is 2.59. The van der Waals surface area contributed by atoms with E-state index >= 15 is 0 Å². The van der Waals surface area contributed by atoms with Crippen LogP contribution in [0.4, 0.5) is 0 Å². The number of fused-ring (bicyclic) bond motifs is 1. The summed E-state index contributed by atoms with van der Waals surface area (Å²) in [6, 6.07) is 4.87. The van der Waals surface area contributed by atoms with E-state index in [1.807, 2.05) is 19.1 Å². The SMILES string of the molecule is Cc1nnn2c(C(N)CC(=O)O)cccc12. The second-order valence-corrected chi connectivity index (χ2v) is 3.63. The minimum absolute atomic E-state index is 0.127. The second kappa shape index (κ2) is 3.90. The number of hydrogen-bond acceptors (Lipinski definition) is 4. The molecule has 0 aliphatic rings. The van der Waals surface area contributed by atoms with Crippen molar-refractivity contribution in [3.8, 4) is 0 Å². The smallest absolute Gasteiger partial charge is 0.305 e. The van der Waals surface area contributed by atoms with E-state index in [2.05, 4.69) is 10.3 Å². The van der Waals surface area contributed by atoms with Gasteiger partial charge < -0.3 is 10.8 Å². The first-order chi connectivity index (χ1) is 7.59. The van der Waals surface area contributed by atoms with Gasteiger partial charge in [0.1, 0.15) is 0 Å². The van der Waals surface area contributed by atoms with Crippen molar-refractivity contribution in [1.82, 2.24) is 14.8 Å². The summed E-state index contributed by atoms with van der Waals surface area (Å²) in [5.74, 6) is -0.929. The number of rotatable bonds is 3. The fourth-order valence-electron chi connectivity index (χ4n) is 1.63. The second-order valence-electron chi connectivity index (χ2n) is 3.63. The molecule has 3 N–H and O–H groups in total. The quantitative estimate of drug-likeness (QED) is 0.786. The van der Waals surface area contributed by atoms with Crippen LogP contribution < -0.4 is 5.73 Å². The molecule has 6 heteroatoms. The summed E-state index contributed by atoms with van der Waals surface area (Å²) in [5, 5.41) is 16.6. The summed E-state index contributed by atoms with van der Waals surface area (Å²) in [4.78, 5) is 10.6. The number of aryl methyl sites for hydroxylation is 1. The first kappa shape index (κ1) is 10.6. The Labute approximate surface area is 91.7 Å². The number of carboxylic acid groups (broad SMARTS) is 1. The van der Waals surface area contributed by atoms with Gasteiger partial charge in [-0.1, -0.05) is 11.3 Å². The normalized spacial score (nSPS) is 12.9. The monoisotopic (exact) mass is 220 g/mol. The van der Waals surface area contributed by atoms with Crippen molar-refractivity contribution >= 4 is 11.5 Å². The van der Waals surface area contributed by atoms with Crippen molar-refractivity contribution in [2.45, 2.75) is 19.4 Å². The number of aromatic nitrogens is 3. The van der Waals surface area contributed by atoms with Crippen LogP contribution in [0.5, 0.6) is 0 Å². The Morgan fingerprint density at radius 1 is 1.62 bits per heavy atom. The summed E-state index contributed by atoms with van der Waals surface area (Å²) in [6.45, 7) is 1.84. The van der Waals surface area contributed by atoms with Crippen LogP contribution in [0.25, 0.3) is 5.52 Å². The van der Waals surface area contributed by atoms with Gasteiger partial charge in [0.15, 0.2) is 0 Å². The molecular weight excluding hydrogens is 208 g/mol. The lowest BCUT2D eigenvalue weighted by atomic mass is 10.1. The Kier molecular flexibility index (Phi) is 2.57. The van der Waals surface area contributed by atoms with Crippen LogP contribution >= 0.6 is 0 Å². The van der Waals surface area contributed by atoms with Gasteiger partial charge in [-0.15, -0.1) is 5.10 Å². The van der Waals surface area contributed by atoms with Gasteiger partial charge in [-0.25, -0.2) is 4.52 Å². The molecule has 0 aromatic carbocycles. The van der Waals surface area contributed by atoms with Gasteiger partial charge in [0.25, 0.3) is 0 Å². The molecule has 2 aromatic rings. The Morgan fingerprint density at radius 3 is 3.06 bits per heavy atom. The van der Waals surface area contributed by atoms with E-state index in [1.54, 1.807) is 10.6 Å². The minimum atomic E-state index is -0.929. The summed E-state index contributed by atoms with van der Waals surface area (Å²) in [5.41, 5.74) is 8.10. The highest BCUT2D eigenvalue weighted by atomic mass is 16.4. The van der Waals surface area contributed by atoms with Crippen LogP contribution in [0.1, 0.15) is 23.9 Å². The molecule has 0 saturated carbocycles. The zero-order chi connectivity index (χ0) is 11.7. The maximum Gasteiger partial charge on any atom is 0.305 e. The molecule has 0 spiro atoms. The fourth-order valence-corrected chi connectivity index (χ4v) is 1.63. The lowest BCUT2D eigenvalue weighted by molar-refractivity contribution is -0.137. The third-order valence-corrected chi connectivity index (χ3v) is 2.42. The van der Waals surface area contributed by atoms with Crippen molar-refractivity contribution < 1.29 is 9.90 Å². The maximum atomic E-state index is 10.6.